The predicted octanol–water partition coefficient (Wildman–Crippen LogP) is 4.91. The van der Waals surface area contributed by atoms with Crippen LogP contribution in [0.25, 0.3) is 0 Å². The highest BCUT2D eigenvalue weighted by Gasteiger charge is 2.18. The fraction of sp³-hybridized carbons (Fsp3) is 0.500. The van der Waals surface area contributed by atoms with Gasteiger partial charge in [0.05, 0.1) is 6.04 Å². The molecule has 1 nitrogen and oxygen atoms in total. The van der Waals surface area contributed by atoms with Gasteiger partial charge < -0.3 is 5.32 Å². The topological polar surface area (TPSA) is 12.0 Å². The normalized spacial score (nSPS) is 16.7. The minimum absolute atomic E-state index is 0.416. The average Bonchev–Trinajstić information content (AvgIpc) is 2.88. The van der Waals surface area contributed by atoms with Gasteiger partial charge >= 0.3 is 0 Å². The van der Waals surface area contributed by atoms with Gasteiger partial charge in [-0.2, -0.15) is 0 Å². The Kier molecular flexibility index (Phi) is 5.02. The molecule has 1 aromatic rings. The molecule has 0 saturated carbocycles. The molecule has 18 heavy (non-hydrogen) atoms. The summed E-state index contributed by atoms with van der Waals surface area (Å²) >= 11 is 3.58. The van der Waals surface area contributed by atoms with Crippen LogP contribution in [0, 0.1) is 6.92 Å². The van der Waals surface area contributed by atoms with Crippen molar-refractivity contribution in [1.29, 1.82) is 0 Å². The Balaban J connectivity index is 2.23. The smallest absolute Gasteiger partial charge is 0.0536 e. The number of rotatable bonds is 5. The molecule has 0 fully saturated rings. The van der Waals surface area contributed by atoms with Gasteiger partial charge in [0.2, 0.25) is 0 Å². The molecule has 0 amide bonds. The molecule has 0 aromatic heterocycles. The second kappa shape index (κ2) is 6.53. The number of allylic oxidation sites excluding steroid dienone is 1. The largest absolute Gasteiger partial charge is 0.307 e. The van der Waals surface area contributed by atoms with E-state index in [1.807, 2.05) is 0 Å². The summed E-state index contributed by atoms with van der Waals surface area (Å²) in [6, 6.07) is 7.13. The maximum atomic E-state index is 3.69. The Labute approximate surface area is 119 Å². The summed E-state index contributed by atoms with van der Waals surface area (Å²) in [5.41, 5.74) is 4.29. The van der Waals surface area contributed by atoms with E-state index in [4.69, 9.17) is 0 Å². The number of aryl methyl sites for hydroxylation is 1. The van der Waals surface area contributed by atoms with E-state index in [0.29, 0.717) is 6.04 Å². The van der Waals surface area contributed by atoms with Gasteiger partial charge in [-0.25, -0.2) is 0 Å². The van der Waals surface area contributed by atoms with E-state index in [2.05, 4.69) is 59.4 Å². The van der Waals surface area contributed by atoms with Crippen LogP contribution >= 0.6 is 15.9 Å². The molecular formula is C16H22BrN. The molecule has 0 heterocycles. The van der Waals surface area contributed by atoms with Crippen molar-refractivity contribution in [2.24, 2.45) is 0 Å². The first-order chi connectivity index (χ1) is 8.72. The maximum absolute atomic E-state index is 3.69. The summed E-state index contributed by atoms with van der Waals surface area (Å²) in [6.07, 6.45) is 7.41. The molecule has 1 aliphatic carbocycles. The first kappa shape index (κ1) is 13.8. The van der Waals surface area contributed by atoms with Crippen LogP contribution in [0.3, 0.4) is 0 Å². The van der Waals surface area contributed by atoms with Crippen molar-refractivity contribution in [3.8, 4) is 0 Å². The Morgan fingerprint density at radius 1 is 1.39 bits per heavy atom. The first-order valence-corrected chi connectivity index (χ1v) is 7.70. The molecule has 1 unspecified atom stereocenters. The van der Waals surface area contributed by atoms with E-state index in [1.165, 1.54) is 41.3 Å². The van der Waals surface area contributed by atoms with Gasteiger partial charge in [-0.3, -0.25) is 0 Å². The lowest BCUT2D eigenvalue weighted by Gasteiger charge is -2.21. The van der Waals surface area contributed by atoms with Gasteiger partial charge in [-0.1, -0.05) is 46.6 Å². The van der Waals surface area contributed by atoms with Gasteiger partial charge in [0.1, 0.15) is 0 Å². The number of halogens is 1. The number of benzene rings is 1. The van der Waals surface area contributed by atoms with Crippen molar-refractivity contribution in [2.45, 2.75) is 45.6 Å². The van der Waals surface area contributed by atoms with Crippen molar-refractivity contribution < 1.29 is 0 Å². The molecule has 2 rings (SSSR count). The zero-order valence-corrected chi connectivity index (χ0v) is 12.9. The lowest BCUT2D eigenvalue weighted by molar-refractivity contribution is 0.578. The third-order valence-corrected chi connectivity index (χ3v) is 4.45. The Morgan fingerprint density at radius 2 is 2.22 bits per heavy atom. The predicted molar refractivity (Wildman–Crippen MR) is 81.8 cm³/mol. The second-order valence-corrected chi connectivity index (χ2v) is 5.92. The van der Waals surface area contributed by atoms with E-state index < -0.39 is 0 Å². The van der Waals surface area contributed by atoms with Gasteiger partial charge in [-0.15, -0.1) is 0 Å². The summed E-state index contributed by atoms with van der Waals surface area (Å²) in [4.78, 5) is 0. The molecule has 0 saturated heterocycles. The Morgan fingerprint density at radius 3 is 2.83 bits per heavy atom. The summed E-state index contributed by atoms with van der Waals surface area (Å²) < 4.78 is 1.20. The first-order valence-electron chi connectivity index (χ1n) is 6.90. The van der Waals surface area contributed by atoms with Gasteiger partial charge in [0.25, 0.3) is 0 Å². The van der Waals surface area contributed by atoms with Crippen LogP contribution in [0.2, 0.25) is 0 Å². The van der Waals surface area contributed by atoms with E-state index in [1.54, 1.807) is 5.57 Å². The molecule has 0 bridgehead atoms. The number of nitrogens with one attached hydrogen (secondary N) is 1. The van der Waals surface area contributed by atoms with Crippen molar-refractivity contribution in [2.75, 3.05) is 6.54 Å². The maximum Gasteiger partial charge on any atom is 0.0536 e. The minimum Gasteiger partial charge on any atom is -0.307 e. The molecule has 98 valence electrons. The standard InChI is InChI=1S/C16H22BrN/c1-3-10-18-16(13-6-4-5-7-13)14-8-9-15(17)12(2)11-14/h6,8-9,11,16,18H,3-5,7,10H2,1-2H3. The van der Waals surface area contributed by atoms with Crippen LogP contribution in [-0.4, -0.2) is 6.54 Å². The van der Waals surface area contributed by atoms with Gasteiger partial charge in [0, 0.05) is 4.47 Å². The average molecular weight is 308 g/mol. The zero-order valence-electron chi connectivity index (χ0n) is 11.3. The third-order valence-electron chi connectivity index (χ3n) is 3.56. The summed E-state index contributed by atoms with van der Waals surface area (Å²) in [7, 11) is 0. The summed E-state index contributed by atoms with van der Waals surface area (Å²) in [6.45, 7) is 5.46. The van der Waals surface area contributed by atoms with Gasteiger partial charge in [0.15, 0.2) is 0 Å². The minimum atomic E-state index is 0.416. The van der Waals surface area contributed by atoms with Crippen molar-refractivity contribution in [3.05, 3.63) is 45.4 Å². The quantitative estimate of drug-likeness (QED) is 0.762. The van der Waals surface area contributed by atoms with Gasteiger partial charge in [-0.05, 0) is 56.3 Å². The summed E-state index contributed by atoms with van der Waals surface area (Å²) in [5.74, 6) is 0. The van der Waals surface area contributed by atoms with E-state index in [-0.39, 0.29) is 0 Å². The van der Waals surface area contributed by atoms with E-state index in [0.717, 1.165) is 6.54 Å². The molecule has 1 atom stereocenters. The van der Waals surface area contributed by atoms with Crippen LogP contribution in [0.1, 0.15) is 49.8 Å². The summed E-state index contributed by atoms with van der Waals surface area (Å²) in [5, 5.41) is 3.69. The highest BCUT2D eigenvalue weighted by atomic mass is 79.9. The van der Waals surface area contributed by atoms with Crippen LogP contribution < -0.4 is 5.32 Å². The Bertz CT molecular complexity index is 437. The van der Waals surface area contributed by atoms with Crippen LogP contribution in [-0.2, 0) is 0 Å². The zero-order chi connectivity index (χ0) is 13.0. The third kappa shape index (κ3) is 3.24. The van der Waals surface area contributed by atoms with Crippen LogP contribution in [0.4, 0.5) is 0 Å². The van der Waals surface area contributed by atoms with Crippen molar-refractivity contribution >= 4 is 15.9 Å². The lowest BCUT2D eigenvalue weighted by atomic mass is 9.96. The number of hydrogen-bond acceptors (Lipinski definition) is 1. The van der Waals surface area contributed by atoms with Crippen molar-refractivity contribution in [1.82, 2.24) is 5.32 Å². The molecular weight excluding hydrogens is 286 g/mol. The monoisotopic (exact) mass is 307 g/mol. The fourth-order valence-electron chi connectivity index (χ4n) is 2.56. The molecule has 2 heteroatoms. The van der Waals surface area contributed by atoms with Crippen LogP contribution in [0.15, 0.2) is 34.3 Å². The fourth-order valence-corrected chi connectivity index (χ4v) is 2.80. The van der Waals surface area contributed by atoms with E-state index >= 15 is 0 Å². The molecule has 1 aliphatic rings. The molecule has 0 aliphatic heterocycles. The molecule has 0 spiro atoms. The Hall–Kier alpha value is -0.600. The molecule has 1 aromatic carbocycles. The van der Waals surface area contributed by atoms with Crippen LogP contribution in [0.5, 0.6) is 0 Å². The highest BCUT2D eigenvalue weighted by Crippen LogP contribution is 2.32. The van der Waals surface area contributed by atoms with E-state index in [9.17, 15) is 0 Å². The molecule has 0 radical (unpaired) electrons. The number of hydrogen-bond donors (Lipinski definition) is 1. The second-order valence-electron chi connectivity index (χ2n) is 5.07. The lowest BCUT2D eigenvalue weighted by Crippen LogP contribution is -2.23. The molecule has 1 N–H and O–H groups in total. The highest BCUT2D eigenvalue weighted by molar-refractivity contribution is 9.10. The SMILES string of the molecule is CCCNC(C1=CCCC1)c1ccc(Br)c(C)c1. The van der Waals surface area contributed by atoms with Crippen molar-refractivity contribution in [3.63, 3.8) is 0 Å².